The molecule has 1 N–H and O–H groups in total. The van der Waals surface area contributed by atoms with Crippen LogP contribution < -0.4 is 5.32 Å². The number of nitrogens with zero attached hydrogens (tertiary/aromatic N) is 4. The van der Waals surface area contributed by atoms with Crippen molar-refractivity contribution in [2.75, 3.05) is 74.5 Å². The Hall–Kier alpha value is -2.25. The molecule has 0 aliphatic heterocycles. The fourth-order valence-electron chi connectivity index (χ4n) is 3.89. The van der Waals surface area contributed by atoms with Crippen LogP contribution in [0.5, 0.6) is 0 Å². The van der Waals surface area contributed by atoms with Crippen LogP contribution in [0.4, 0.5) is 0 Å². The lowest BCUT2D eigenvalue weighted by atomic mass is 10.1. The number of carbonyl (C=O) groups excluding carboxylic acids is 1. The van der Waals surface area contributed by atoms with Crippen molar-refractivity contribution in [3.63, 3.8) is 0 Å². The molecule has 6 nitrogen and oxygen atoms in total. The van der Waals surface area contributed by atoms with Crippen LogP contribution in [0.1, 0.15) is 11.1 Å². The first-order valence-corrected chi connectivity index (χ1v) is 11.9. The monoisotopic (exact) mass is 453 g/mol. The zero-order chi connectivity index (χ0) is 24.1. The predicted octanol–water partition coefficient (Wildman–Crippen LogP) is 2.48. The number of benzene rings is 2. The minimum Gasteiger partial charge on any atom is -0.359 e. The van der Waals surface area contributed by atoms with Crippen LogP contribution in [0.2, 0.25) is 0 Å². The van der Waals surface area contributed by atoms with Crippen LogP contribution in [0, 0.1) is 5.92 Å². The van der Waals surface area contributed by atoms with Crippen LogP contribution in [-0.2, 0) is 17.9 Å². The average molecular weight is 454 g/mol. The highest BCUT2D eigenvalue weighted by molar-refractivity contribution is 5.78. The summed E-state index contributed by atoms with van der Waals surface area (Å²) in [5, 5.41) is 2.92. The Bertz CT molecular complexity index is 722. The van der Waals surface area contributed by atoms with Crippen LogP contribution in [-0.4, -0.2) is 100 Å². The molecule has 0 aliphatic carbocycles. The third-order valence-electron chi connectivity index (χ3n) is 5.80. The minimum absolute atomic E-state index is 0.105. The van der Waals surface area contributed by atoms with Crippen LogP contribution >= 0.6 is 0 Å². The van der Waals surface area contributed by atoms with Gasteiger partial charge in [0.05, 0.1) is 5.92 Å². The number of carbonyl (C=O) groups is 1. The number of likely N-dealkylation sites (N-methyl/N-ethyl adjacent to an activating group) is 2. The Labute approximate surface area is 201 Å². The van der Waals surface area contributed by atoms with Crippen molar-refractivity contribution in [1.82, 2.24) is 24.9 Å². The van der Waals surface area contributed by atoms with E-state index < -0.39 is 0 Å². The molecule has 0 spiro atoms. The van der Waals surface area contributed by atoms with Gasteiger partial charge in [0.15, 0.2) is 0 Å². The van der Waals surface area contributed by atoms with Gasteiger partial charge in [-0.2, -0.15) is 0 Å². The molecule has 6 heteroatoms. The molecule has 0 aromatic heterocycles. The molecule has 2 rings (SSSR count). The highest BCUT2D eigenvalue weighted by Crippen LogP contribution is 2.13. The molecule has 0 saturated carbocycles. The van der Waals surface area contributed by atoms with Crippen molar-refractivity contribution >= 4 is 5.91 Å². The molecule has 0 bridgehead atoms. The van der Waals surface area contributed by atoms with Gasteiger partial charge in [0.1, 0.15) is 0 Å². The lowest BCUT2D eigenvalue weighted by Gasteiger charge is -2.32. The summed E-state index contributed by atoms with van der Waals surface area (Å²) in [6, 6.07) is 21.1. The lowest BCUT2D eigenvalue weighted by molar-refractivity contribution is -0.126. The highest BCUT2D eigenvalue weighted by Gasteiger charge is 2.24. The first-order valence-electron chi connectivity index (χ1n) is 11.9. The standard InChI is InChI=1S/C27H43N5O/c1-28-27(33)26(22-31(18-16-29(2)3)20-24-12-8-6-9-13-24)23-32(19-17-30(4)5)21-25-14-10-7-11-15-25/h6-15,26H,16-23H2,1-5H3,(H,28,33). The van der Waals surface area contributed by atoms with Crippen molar-refractivity contribution in [2.24, 2.45) is 5.92 Å². The number of nitrogens with one attached hydrogen (secondary N) is 1. The van der Waals surface area contributed by atoms with Gasteiger partial charge in [-0.25, -0.2) is 0 Å². The van der Waals surface area contributed by atoms with Gasteiger partial charge in [-0.05, 0) is 39.3 Å². The summed E-state index contributed by atoms with van der Waals surface area (Å²) in [6.45, 7) is 6.92. The largest absolute Gasteiger partial charge is 0.359 e. The zero-order valence-corrected chi connectivity index (χ0v) is 21.2. The summed E-state index contributed by atoms with van der Waals surface area (Å²) >= 11 is 0. The van der Waals surface area contributed by atoms with E-state index in [0.29, 0.717) is 0 Å². The summed E-state index contributed by atoms with van der Waals surface area (Å²) in [5.74, 6) is 0.00702. The molecule has 0 fully saturated rings. The van der Waals surface area contributed by atoms with E-state index in [-0.39, 0.29) is 11.8 Å². The molecule has 0 aliphatic rings. The first-order chi connectivity index (χ1) is 15.9. The topological polar surface area (TPSA) is 42.1 Å². The minimum atomic E-state index is -0.105. The molecule has 0 radical (unpaired) electrons. The fraction of sp³-hybridized carbons (Fsp3) is 0.519. The van der Waals surface area contributed by atoms with Gasteiger partial charge in [0.25, 0.3) is 0 Å². The quantitative estimate of drug-likeness (QED) is 0.449. The molecular formula is C27H43N5O. The van der Waals surface area contributed by atoms with Gasteiger partial charge >= 0.3 is 0 Å². The molecule has 2 aromatic rings. The second kappa shape index (κ2) is 14.8. The van der Waals surface area contributed by atoms with E-state index in [1.165, 1.54) is 11.1 Å². The Balaban J connectivity index is 2.16. The molecule has 1 amide bonds. The molecule has 0 atom stereocenters. The maximum Gasteiger partial charge on any atom is 0.225 e. The second-order valence-electron chi connectivity index (χ2n) is 9.36. The van der Waals surface area contributed by atoms with Gasteiger partial charge in [0.2, 0.25) is 5.91 Å². The van der Waals surface area contributed by atoms with Gasteiger partial charge in [0, 0.05) is 59.4 Å². The molecule has 0 unspecified atom stereocenters. The van der Waals surface area contributed by atoms with Gasteiger partial charge in [-0.15, -0.1) is 0 Å². The molecule has 33 heavy (non-hydrogen) atoms. The average Bonchev–Trinajstić information content (AvgIpc) is 2.81. The normalized spacial score (nSPS) is 11.8. The maximum atomic E-state index is 13.0. The van der Waals surface area contributed by atoms with E-state index in [9.17, 15) is 4.79 Å². The molecule has 0 heterocycles. The number of hydrogen-bond donors (Lipinski definition) is 1. The van der Waals surface area contributed by atoms with E-state index in [1.807, 2.05) is 12.1 Å². The van der Waals surface area contributed by atoms with E-state index in [4.69, 9.17) is 0 Å². The van der Waals surface area contributed by atoms with E-state index in [1.54, 1.807) is 7.05 Å². The SMILES string of the molecule is CNC(=O)C(CN(CCN(C)C)Cc1ccccc1)CN(CCN(C)C)Cc1ccccc1. The Morgan fingerprint density at radius 3 is 1.42 bits per heavy atom. The summed E-state index contributed by atoms with van der Waals surface area (Å²) in [7, 11) is 10.1. The number of amides is 1. The second-order valence-corrected chi connectivity index (χ2v) is 9.36. The summed E-state index contributed by atoms with van der Waals surface area (Å²) in [6.07, 6.45) is 0. The lowest BCUT2D eigenvalue weighted by Crippen LogP contribution is -2.46. The van der Waals surface area contributed by atoms with Crippen LogP contribution in [0.15, 0.2) is 60.7 Å². The van der Waals surface area contributed by atoms with Gasteiger partial charge < -0.3 is 15.1 Å². The zero-order valence-electron chi connectivity index (χ0n) is 21.2. The molecule has 182 valence electrons. The van der Waals surface area contributed by atoms with Gasteiger partial charge in [-0.1, -0.05) is 60.7 Å². The predicted molar refractivity (Wildman–Crippen MR) is 138 cm³/mol. The number of hydrogen-bond acceptors (Lipinski definition) is 5. The van der Waals surface area contributed by atoms with Crippen LogP contribution in [0.3, 0.4) is 0 Å². The van der Waals surface area contributed by atoms with Crippen molar-refractivity contribution in [2.45, 2.75) is 13.1 Å². The Morgan fingerprint density at radius 1 is 0.697 bits per heavy atom. The fourth-order valence-corrected chi connectivity index (χ4v) is 3.89. The molecular weight excluding hydrogens is 410 g/mol. The molecule has 0 saturated heterocycles. The first kappa shape index (κ1) is 27.0. The van der Waals surface area contributed by atoms with Gasteiger partial charge in [-0.3, -0.25) is 14.6 Å². The highest BCUT2D eigenvalue weighted by atomic mass is 16.1. The smallest absolute Gasteiger partial charge is 0.225 e. The van der Waals surface area contributed by atoms with E-state index in [2.05, 4.69) is 102 Å². The number of rotatable bonds is 15. The van der Waals surface area contributed by atoms with Crippen molar-refractivity contribution in [3.8, 4) is 0 Å². The van der Waals surface area contributed by atoms with Crippen molar-refractivity contribution < 1.29 is 4.79 Å². The summed E-state index contributed by atoms with van der Waals surface area (Å²) < 4.78 is 0. The van der Waals surface area contributed by atoms with Crippen LogP contribution in [0.25, 0.3) is 0 Å². The summed E-state index contributed by atoms with van der Waals surface area (Å²) in [5.41, 5.74) is 2.56. The van der Waals surface area contributed by atoms with E-state index >= 15 is 0 Å². The molecule has 2 aromatic carbocycles. The van der Waals surface area contributed by atoms with Crippen molar-refractivity contribution in [3.05, 3.63) is 71.8 Å². The third-order valence-corrected chi connectivity index (χ3v) is 5.80. The Kier molecular flexibility index (Phi) is 12.1. The van der Waals surface area contributed by atoms with E-state index in [0.717, 1.165) is 52.4 Å². The maximum absolute atomic E-state index is 13.0. The summed E-state index contributed by atoms with van der Waals surface area (Å²) in [4.78, 5) is 22.2. The van der Waals surface area contributed by atoms with Crippen molar-refractivity contribution in [1.29, 1.82) is 0 Å². The Morgan fingerprint density at radius 2 is 1.09 bits per heavy atom. The third kappa shape index (κ3) is 10.9.